The number of hydrogen-bond acceptors (Lipinski definition) is 2. The van der Waals surface area contributed by atoms with Gasteiger partial charge in [0.25, 0.3) is 0 Å². The van der Waals surface area contributed by atoms with Crippen molar-refractivity contribution in [2.75, 3.05) is 19.6 Å². The molecule has 0 aromatic rings. The summed E-state index contributed by atoms with van der Waals surface area (Å²) >= 11 is 5.79. The lowest BCUT2D eigenvalue weighted by Gasteiger charge is -2.40. The number of halogens is 1. The Kier molecular flexibility index (Phi) is 7.17. The lowest BCUT2D eigenvalue weighted by molar-refractivity contribution is 0.130. The Bertz CT molecular complexity index is 240. The van der Waals surface area contributed by atoms with E-state index in [1.165, 1.54) is 37.8 Å². The molecule has 0 saturated carbocycles. The molecule has 0 aliphatic carbocycles. The van der Waals surface area contributed by atoms with Gasteiger partial charge in [-0.2, -0.15) is 0 Å². The first kappa shape index (κ1) is 15.0. The van der Waals surface area contributed by atoms with E-state index in [0.717, 1.165) is 13.1 Å². The Morgan fingerprint density at radius 3 is 2.65 bits per heavy atom. The second-order valence-corrected chi connectivity index (χ2v) is 5.44. The average Bonchev–Trinajstić information content (AvgIpc) is 2.33. The topological polar surface area (TPSA) is 15.3 Å². The summed E-state index contributed by atoms with van der Waals surface area (Å²) in [5, 5.41) is 3.68. The second-order valence-electron chi connectivity index (χ2n) is 5.22. The maximum absolute atomic E-state index is 5.79. The smallest absolute Gasteiger partial charge is 0.0224 e. The van der Waals surface area contributed by atoms with E-state index in [0.29, 0.717) is 12.1 Å². The standard InChI is InChI=1S/C14H27ClN2/c1-4-6-13-11-17(10-12(3)8-15)14(7-5-2)9-16-13/h8,13-14,16H,4-7,9-11H2,1-3H3. The first-order valence-electron chi connectivity index (χ1n) is 6.94. The van der Waals surface area contributed by atoms with E-state index in [1.807, 2.05) is 0 Å². The zero-order valence-electron chi connectivity index (χ0n) is 11.5. The van der Waals surface area contributed by atoms with Crippen molar-refractivity contribution in [1.29, 1.82) is 0 Å². The lowest BCUT2D eigenvalue weighted by Crippen LogP contribution is -2.56. The van der Waals surface area contributed by atoms with Crippen LogP contribution in [0.4, 0.5) is 0 Å². The van der Waals surface area contributed by atoms with Crippen LogP contribution < -0.4 is 5.32 Å². The Balaban J connectivity index is 2.55. The second kappa shape index (κ2) is 8.12. The van der Waals surface area contributed by atoms with Crippen molar-refractivity contribution in [3.05, 3.63) is 11.1 Å². The summed E-state index contributed by atoms with van der Waals surface area (Å²) < 4.78 is 0. The van der Waals surface area contributed by atoms with Gasteiger partial charge in [-0.15, -0.1) is 0 Å². The molecule has 1 saturated heterocycles. The predicted molar refractivity (Wildman–Crippen MR) is 76.6 cm³/mol. The molecule has 2 unspecified atom stereocenters. The van der Waals surface area contributed by atoms with Crippen LogP contribution in [0.3, 0.4) is 0 Å². The molecule has 1 fully saturated rings. The number of rotatable bonds is 6. The zero-order valence-corrected chi connectivity index (χ0v) is 12.3. The molecular formula is C14H27ClN2. The van der Waals surface area contributed by atoms with Crippen LogP contribution in [0.2, 0.25) is 0 Å². The fourth-order valence-corrected chi connectivity index (χ4v) is 2.71. The molecule has 1 heterocycles. The van der Waals surface area contributed by atoms with Crippen molar-refractivity contribution in [3.8, 4) is 0 Å². The Morgan fingerprint density at radius 1 is 1.35 bits per heavy atom. The maximum Gasteiger partial charge on any atom is 0.0224 e. The summed E-state index contributed by atoms with van der Waals surface area (Å²) in [6, 6.07) is 1.34. The van der Waals surface area contributed by atoms with Gasteiger partial charge < -0.3 is 5.32 Å². The van der Waals surface area contributed by atoms with Crippen molar-refractivity contribution in [2.24, 2.45) is 0 Å². The van der Waals surface area contributed by atoms with Crippen LogP contribution in [0.1, 0.15) is 46.5 Å². The molecule has 1 aliphatic heterocycles. The molecule has 0 aromatic heterocycles. The minimum absolute atomic E-state index is 0.663. The monoisotopic (exact) mass is 258 g/mol. The highest BCUT2D eigenvalue weighted by Gasteiger charge is 2.26. The largest absolute Gasteiger partial charge is 0.311 e. The van der Waals surface area contributed by atoms with Crippen LogP contribution in [0.15, 0.2) is 11.1 Å². The van der Waals surface area contributed by atoms with Gasteiger partial charge in [-0.3, -0.25) is 4.90 Å². The molecule has 17 heavy (non-hydrogen) atoms. The van der Waals surface area contributed by atoms with Crippen LogP contribution in [-0.2, 0) is 0 Å². The third-order valence-corrected chi connectivity index (χ3v) is 3.88. The summed E-state index contributed by atoms with van der Waals surface area (Å²) in [7, 11) is 0. The van der Waals surface area contributed by atoms with Crippen LogP contribution in [0.5, 0.6) is 0 Å². The SMILES string of the molecule is CCCC1CN(CC(C)=CCl)C(CCC)CN1. The van der Waals surface area contributed by atoms with Gasteiger partial charge in [-0.1, -0.05) is 38.3 Å². The van der Waals surface area contributed by atoms with E-state index in [1.54, 1.807) is 5.54 Å². The molecule has 2 nitrogen and oxygen atoms in total. The van der Waals surface area contributed by atoms with Gasteiger partial charge in [-0.05, 0) is 25.3 Å². The average molecular weight is 259 g/mol. The quantitative estimate of drug-likeness (QED) is 0.786. The molecule has 0 aromatic carbocycles. The molecule has 3 heteroatoms. The van der Waals surface area contributed by atoms with Crippen molar-refractivity contribution < 1.29 is 0 Å². The molecule has 1 aliphatic rings. The minimum atomic E-state index is 0.663. The lowest BCUT2D eigenvalue weighted by atomic mass is 10.0. The zero-order chi connectivity index (χ0) is 12.7. The summed E-state index contributed by atoms with van der Waals surface area (Å²) in [5.41, 5.74) is 2.99. The Labute approximate surface area is 111 Å². The van der Waals surface area contributed by atoms with Crippen molar-refractivity contribution in [3.63, 3.8) is 0 Å². The van der Waals surface area contributed by atoms with E-state index in [4.69, 9.17) is 11.6 Å². The number of nitrogens with one attached hydrogen (secondary N) is 1. The molecule has 100 valence electrons. The van der Waals surface area contributed by atoms with Crippen LogP contribution in [0, 0.1) is 0 Å². The Hall–Kier alpha value is -0.0500. The highest BCUT2D eigenvalue weighted by Crippen LogP contribution is 2.16. The van der Waals surface area contributed by atoms with Crippen LogP contribution >= 0.6 is 11.6 Å². The van der Waals surface area contributed by atoms with Gasteiger partial charge in [0.05, 0.1) is 0 Å². The summed E-state index contributed by atoms with van der Waals surface area (Å²) in [5.74, 6) is 0. The van der Waals surface area contributed by atoms with Crippen molar-refractivity contribution in [1.82, 2.24) is 10.2 Å². The molecule has 0 amide bonds. The summed E-state index contributed by atoms with van der Waals surface area (Å²) in [6.07, 6.45) is 5.07. The van der Waals surface area contributed by atoms with Gasteiger partial charge in [0.1, 0.15) is 0 Å². The third kappa shape index (κ3) is 4.99. The molecule has 0 spiro atoms. The van der Waals surface area contributed by atoms with E-state index in [2.05, 4.69) is 31.0 Å². The van der Waals surface area contributed by atoms with Crippen molar-refractivity contribution >= 4 is 11.6 Å². The molecule has 2 atom stereocenters. The Morgan fingerprint density at radius 2 is 2.06 bits per heavy atom. The highest BCUT2D eigenvalue weighted by atomic mass is 35.5. The van der Waals surface area contributed by atoms with E-state index < -0.39 is 0 Å². The number of hydrogen-bond donors (Lipinski definition) is 1. The van der Waals surface area contributed by atoms with Gasteiger partial charge in [0, 0.05) is 37.3 Å². The maximum atomic E-state index is 5.79. The van der Waals surface area contributed by atoms with Crippen LogP contribution in [-0.4, -0.2) is 36.6 Å². The normalized spacial score (nSPS) is 27.4. The molecular weight excluding hydrogens is 232 g/mol. The van der Waals surface area contributed by atoms with Crippen molar-refractivity contribution in [2.45, 2.75) is 58.5 Å². The minimum Gasteiger partial charge on any atom is -0.311 e. The van der Waals surface area contributed by atoms with Gasteiger partial charge in [0.15, 0.2) is 0 Å². The fraction of sp³-hybridized carbons (Fsp3) is 0.857. The van der Waals surface area contributed by atoms with Gasteiger partial charge in [0.2, 0.25) is 0 Å². The first-order valence-corrected chi connectivity index (χ1v) is 7.38. The predicted octanol–water partition coefficient (Wildman–Crippen LogP) is 3.37. The highest BCUT2D eigenvalue weighted by molar-refractivity contribution is 6.25. The fourth-order valence-electron chi connectivity index (χ4n) is 2.64. The van der Waals surface area contributed by atoms with E-state index in [9.17, 15) is 0 Å². The first-order chi connectivity index (χ1) is 8.21. The van der Waals surface area contributed by atoms with Crippen LogP contribution in [0.25, 0.3) is 0 Å². The summed E-state index contributed by atoms with van der Waals surface area (Å²) in [4.78, 5) is 2.61. The number of nitrogens with zero attached hydrogens (tertiary/aromatic N) is 1. The van der Waals surface area contributed by atoms with E-state index >= 15 is 0 Å². The van der Waals surface area contributed by atoms with E-state index in [-0.39, 0.29) is 0 Å². The molecule has 0 radical (unpaired) electrons. The molecule has 1 N–H and O–H groups in total. The molecule has 0 bridgehead atoms. The molecule has 1 rings (SSSR count). The summed E-state index contributed by atoms with van der Waals surface area (Å²) in [6.45, 7) is 9.96. The third-order valence-electron chi connectivity index (χ3n) is 3.51. The number of piperazine rings is 1. The van der Waals surface area contributed by atoms with Gasteiger partial charge >= 0.3 is 0 Å². The van der Waals surface area contributed by atoms with Gasteiger partial charge in [-0.25, -0.2) is 0 Å².